The summed E-state index contributed by atoms with van der Waals surface area (Å²) >= 11 is 0. The highest BCUT2D eigenvalue weighted by Gasteiger charge is 2.43. The first-order valence-electron chi connectivity index (χ1n) is 8.89. The van der Waals surface area contributed by atoms with Crippen LogP contribution >= 0.6 is 0 Å². The lowest BCUT2D eigenvalue weighted by Gasteiger charge is -2.23. The van der Waals surface area contributed by atoms with Crippen LogP contribution in [0.5, 0.6) is 0 Å². The molecule has 1 aromatic carbocycles. The van der Waals surface area contributed by atoms with Gasteiger partial charge in [0.05, 0.1) is 0 Å². The second kappa shape index (κ2) is 7.59. The Labute approximate surface area is 147 Å². The number of hydrogen-bond acceptors (Lipinski definition) is 4. The molecule has 0 saturated heterocycles. The predicted molar refractivity (Wildman–Crippen MR) is 94.4 cm³/mol. The topological polar surface area (TPSA) is 91.1 Å². The molecule has 0 radical (unpaired) electrons. The third-order valence-corrected chi connectivity index (χ3v) is 4.91. The molecule has 1 fully saturated rings. The van der Waals surface area contributed by atoms with Gasteiger partial charge in [-0.3, -0.25) is 4.79 Å². The minimum Gasteiger partial charge on any atom is -0.510 e. The van der Waals surface area contributed by atoms with Crippen molar-refractivity contribution in [3.63, 3.8) is 0 Å². The van der Waals surface area contributed by atoms with Crippen molar-refractivity contribution in [1.29, 1.82) is 0 Å². The molecule has 2 aliphatic rings. The van der Waals surface area contributed by atoms with E-state index in [0.717, 1.165) is 38.5 Å². The number of aliphatic hydroxyl groups is 1. The molecule has 1 saturated carbocycles. The van der Waals surface area contributed by atoms with Crippen molar-refractivity contribution < 1.29 is 14.7 Å². The molecule has 1 aromatic rings. The van der Waals surface area contributed by atoms with E-state index in [0.29, 0.717) is 5.69 Å². The number of Topliss-reactive ketones (excluding diaryl/α,β-unsaturated/α-hetero) is 1. The van der Waals surface area contributed by atoms with E-state index in [1.165, 1.54) is 5.56 Å². The summed E-state index contributed by atoms with van der Waals surface area (Å²) in [5.41, 5.74) is 1.77. The molecule has 3 rings (SSSR count). The fraction of sp³-hybridized carbons (Fsp3) is 0.474. The molecule has 0 heterocycles. The third-order valence-electron chi connectivity index (χ3n) is 4.91. The molecule has 2 amide bonds. The van der Waals surface area contributed by atoms with Crippen molar-refractivity contribution in [1.82, 2.24) is 0 Å². The van der Waals surface area contributed by atoms with Crippen molar-refractivity contribution in [2.75, 3.05) is 5.32 Å². The van der Waals surface area contributed by atoms with Gasteiger partial charge in [-0.05, 0) is 37.0 Å². The number of rotatable bonds is 4. The predicted octanol–water partition coefficient (Wildman–Crippen LogP) is 4.78. The number of azo groups is 1. The number of anilines is 1. The molecule has 2 unspecified atom stereocenters. The van der Waals surface area contributed by atoms with E-state index in [9.17, 15) is 14.7 Å². The first kappa shape index (κ1) is 17.3. The van der Waals surface area contributed by atoms with Gasteiger partial charge < -0.3 is 10.4 Å². The number of amides is 2. The number of nitrogens with one attached hydrogen (secondary N) is 1. The van der Waals surface area contributed by atoms with E-state index in [4.69, 9.17) is 0 Å². The van der Waals surface area contributed by atoms with Gasteiger partial charge in [0.25, 0.3) is 0 Å². The molecule has 2 N–H and O–H groups in total. The van der Waals surface area contributed by atoms with Crippen molar-refractivity contribution in [2.45, 2.75) is 45.4 Å². The van der Waals surface area contributed by atoms with Crippen LogP contribution in [0.4, 0.5) is 10.5 Å². The Bertz CT molecular complexity index is 722. The second-order valence-electron chi connectivity index (χ2n) is 6.67. The van der Waals surface area contributed by atoms with Gasteiger partial charge in [-0.25, -0.2) is 4.79 Å². The van der Waals surface area contributed by atoms with E-state index in [1.807, 2.05) is 24.3 Å². The Morgan fingerprint density at radius 1 is 1.20 bits per heavy atom. The quantitative estimate of drug-likeness (QED) is 0.772. The van der Waals surface area contributed by atoms with E-state index in [-0.39, 0.29) is 29.1 Å². The number of benzene rings is 1. The van der Waals surface area contributed by atoms with Gasteiger partial charge in [-0.15, -0.1) is 5.11 Å². The average Bonchev–Trinajstić information content (AvgIpc) is 2.86. The molecular formula is C19H23N3O3. The van der Waals surface area contributed by atoms with Gasteiger partial charge in [0.2, 0.25) is 0 Å². The minimum atomic E-state index is -0.661. The first-order valence-corrected chi connectivity index (χ1v) is 8.89. The van der Waals surface area contributed by atoms with Gasteiger partial charge in [-0.2, -0.15) is 0 Å². The van der Waals surface area contributed by atoms with Crippen LogP contribution < -0.4 is 5.32 Å². The Balaban J connectivity index is 1.64. The van der Waals surface area contributed by atoms with Crippen LogP contribution in [-0.4, -0.2) is 16.9 Å². The van der Waals surface area contributed by atoms with Crippen LogP contribution in [0.3, 0.4) is 0 Å². The fourth-order valence-corrected chi connectivity index (χ4v) is 3.64. The Morgan fingerprint density at radius 2 is 1.88 bits per heavy atom. The van der Waals surface area contributed by atoms with Crippen LogP contribution in [0, 0.1) is 11.8 Å². The van der Waals surface area contributed by atoms with E-state index in [1.54, 1.807) is 0 Å². The van der Waals surface area contributed by atoms with Crippen LogP contribution in [0.15, 0.2) is 46.0 Å². The van der Waals surface area contributed by atoms with Gasteiger partial charge in [-0.1, -0.05) is 43.4 Å². The number of hydrogen-bond donors (Lipinski definition) is 2. The zero-order chi connectivity index (χ0) is 17.8. The van der Waals surface area contributed by atoms with E-state index < -0.39 is 6.03 Å². The Hall–Kier alpha value is -2.50. The Kier molecular flexibility index (Phi) is 5.26. The molecule has 0 aliphatic heterocycles. The largest absolute Gasteiger partial charge is 0.510 e. The summed E-state index contributed by atoms with van der Waals surface area (Å²) in [7, 11) is 0. The first-order chi connectivity index (χ1) is 12.1. The monoisotopic (exact) mass is 341 g/mol. The highest BCUT2D eigenvalue weighted by molar-refractivity contribution is 6.00. The summed E-state index contributed by atoms with van der Waals surface area (Å²) in [5, 5.41) is 20.1. The van der Waals surface area contributed by atoms with E-state index in [2.05, 4.69) is 22.5 Å². The minimum absolute atomic E-state index is 0.00447. The van der Waals surface area contributed by atoms with Gasteiger partial charge in [0, 0.05) is 17.5 Å². The van der Waals surface area contributed by atoms with Crippen molar-refractivity contribution in [2.24, 2.45) is 22.1 Å². The molecular weight excluding hydrogens is 318 g/mol. The summed E-state index contributed by atoms with van der Waals surface area (Å²) in [6.45, 7) is 2.11. The Morgan fingerprint density at radius 3 is 2.52 bits per heavy atom. The number of allylic oxidation sites excluding steroid dienone is 2. The number of ketones is 1. The van der Waals surface area contributed by atoms with Crippen molar-refractivity contribution in [3.8, 4) is 0 Å². The highest BCUT2D eigenvalue weighted by atomic mass is 16.3. The lowest BCUT2D eigenvalue weighted by molar-refractivity contribution is -0.120. The molecule has 0 spiro atoms. The standard InChI is InChI=1S/C19H23N3O3/c1-2-5-12-8-10-13(11-9-12)20-19(25)22-21-16-17(23)14-6-3-4-7-15(14)18(16)24/h8-11,14-15,23H,2-7H2,1H3,(H,20,25). The second-order valence-corrected chi connectivity index (χ2v) is 6.67. The number of fused-ring (bicyclic) bond motifs is 1. The fourth-order valence-electron chi connectivity index (χ4n) is 3.64. The lowest BCUT2D eigenvalue weighted by Crippen LogP contribution is -2.21. The molecule has 2 aliphatic carbocycles. The van der Waals surface area contributed by atoms with Gasteiger partial charge in [0.1, 0.15) is 5.76 Å². The maximum atomic E-state index is 12.3. The number of carbonyl (C=O) groups is 2. The highest BCUT2D eigenvalue weighted by Crippen LogP contribution is 2.42. The third kappa shape index (κ3) is 3.78. The maximum absolute atomic E-state index is 12.3. The van der Waals surface area contributed by atoms with Gasteiger partial charge in [0.15, 0.2) is 11.5 Å². The maximum Gasteiger partial charge on any atom is 0.364 e. The summed E-state index contributed by atoms with van der Waals surface area (Å²) in [6.07, 6.45) is 5.59. The van der Waals surface area contributed by atoms with Crippen molar-refractivity contribution in [3.05, 3.63) is 41.3 Å². The molecule has 25 heavy (non-hydrogen) atoms. The lowest BCUT2D eigenvalue weighted by atomic mass is 9.80. The normalized spacial score (nSPS) is 23.2. The summed E-state index contributed by atoms with van der Waals surface area (Å²) in [6, 6.07) is 6.87. The van der Waals surface area contributed by atoms with Crippen LogP contribution in [0.25, 0.3) is 0 Å². The zero-order valence-electron chi connectivity index (χ0n) is 14.4. The summed E-state index contributed by atoms with van der Waals surface area (Å²) in [4.78, 5) is 24.2. The van der Waals surface area contributed by atoms with Crippen molar-refractivity contribution >= 4 is 17.5 Å². The number of aliphatic hydroxyl groups excluding tert-OH is 1. The molecule has 6 heteroatoms. The van der Waals surface area contributed by atoms with Crippen LogP contribution in [-0.2, 0) is 11.2 Å². The molecule has 132 valence electrons. The molecule has 0 bridgehead atoms. The number of aryl methyl sites for hydroxylation is 1. The molecule has 0 aromatic heterocycles. The number of urea groups is 1. The van der Waals surface area contributed by atoms with E-state index >= 15 is 0 Å². The molecule has 2 atom stereocenters. The van der Waals surface area contributed by atoms with Crippen LogP contribution in [0.2, 0.25) is 0 Å². The molecule has 6 nitrogen and oxygen atoms in total. The zero-order valence-corrected chi connectivity index (χ0v) is 14.4. The summed E-state index contributed by atoms with van der Waals surface area (Å²) in [5.74, 6) is -0.543. The summed E-state index contributed by atoms with van der Waals surface area (Å²) < 4.78 is 0. The average molecular weight is 341 g/mol. The van der Waals surface area contributed by atoms with Gasteiger partial charge >= 0.3 is 6.03 Å². The number of nitrogens with zero attached hydrogens (tertiary/aromatic N) is 2. The number of carbonyl (C=O) groups excluding carboxylic acids is 2. The van der Waals surface area contributed by atoms with Crippen LogP contribution in [0.1, 0.15) is 44.6 Å². The SMILES string of the molecule is CCCc1ccc(NC(=O)N=NC2=C(O)C3CCCCC3C2=O)cc1. The smallest absolute Gasteiger partial charge is 0.364 e.